The summed E-state index contributed by atoms with van der Waals surface area (Å²) in [5.74, 6) is -0.662. The highest BCUT2D eigenvalue weighted by Crippen LogP contribution is 2.33. The topological polar surface area (TPSA) is 77.6 Å². The van der Waals surface area contributed by atoms with Crippen molar-refractivity contribution in [1.29, 1.82) is 0 Å². The van der Waals surface area contributed by atoms with E-state index in [2.05, 4.69) is 4.98 Å². The van der Waals surface area contributed by atoms with Crippen LogP contribution in [0.15, 0.2) is 30.3 Å². The predicted molar refractivity (Wildman–Crippen MR) is 106 cm³/mol. The molecule has 0 radical (unpaired) electrons. The van der Waals surface area contributed by atoms with Gasteiger partial charge in [-0.15, -0.1) is 0 Å². The molecule has 0 amide bonds. The van der Waals surface area contributed by atoms with Gasteiger partial charge in [-0.1, -0.05) is 18.2 Å². The monoisotopic (exact) mass is 387 g/mol. The van der Waals surface area contributed by atoms with Crippen molar-refractivity contribution < 1.29 is 23.8 Å². The number of hydrogen-bond acceptors (Lipinski definition) is 5. The lowest BCUT2D eigenvalue weighted by Gasteiger charge is -2.30. The first-order chi connectivity index (χ1) is 13.3. The molecule has 1 unspecified atom stereocenters. The van der Waals surface area contributed by atoms with E-state index in [4.69, 9.17) is 14.2 Å². The minimum absolute atomic E-state index is 0.0853. The van der Waals surface area contributed by atoms with Gasteiger partial charge < -0.3 is 19.2 Å². The zero-order chi connectivity index (χ0) is 20.3. The average Bonchev–Trinajstić information content (AvgIpc) is 3.08. The highest BCUT2D eigenvalue weighted by atomic mass is 16.6. The molecule has 1 aromatic heterocycles. The molecule has 6 heteroatoms. The van der Waals surface area contributed by atoms with Crippen LogP contribution in [0.1, 0.15) is 58.3 Å². The number of aromatic nitrogens is 1. The first kappa shape index (κ1) is 20.4. The number of para-hydroxylation sites is 1. The SMILES string of the molecule is COC(=O)C1CCC(OC(C(=O)OC(C)(C)C)c2cc3ccccc3[nH]2)CC1. The van der Waals surface area contributed by atoms with E-state index in [0.29, 0.717) is 31.4 Å². The van der Waals surface area contributed by atoms with Crippen molar-refractivity contribution in [3.63, 3.8) is 0 Å². The Balaban J connectivity index is 1.77. The Labute approximate surface area is 165 Å². The van der Waals surface area contributed by atoms with Gasteiger partial charge in [0, 0.05) is 5.52 Å². The maximum Gasteiger partial charge on any atom is 0.342 e. The minimum atomic E-state index is -0.827. The third-order valence-electron chi connectivity index (χ3n) is 4.99. The molecule has 0 bridgehead atoms. The number of hydrogen-bond donors (Lipinski definition) is 1. The van der Waals surface area contributed by atoms with Crippen LogP contribution in [0.2, 0.25) is 0 Å². The van der Waals surface area contributed by atoms with Gasteiger partial charge in [-0.05, 0) is 64.0 Å². The fraction of sp³-hybridized carbons (Fsp3) is 0.545. The molecule has 1 saturated carbocycles. The molecule has 1 aliphatic carbocycles. The van der Waals surface area contributed by atoms with E-state index in [1.165, 1.54) is 7.11 Å². The Bertz CT molecular complexity index is 794. The van der Waals surface area contributed by atoms with E-state index < -0.39 is 17.7 Å². The molecule has 6 nitrogen and oxygen atoms in total. The van der Waals surface area contributed by atoms with E-state index in [1.807, 2.05) is 51.1 Å². The van der Waals surface area contributed by atoms with Crippen molar-refractivity contribution >= 4 is 22.8 Å². The summed E-state index contributed by atoms with van der Waals surface area (Å²) >= 11 is 0. The Hall–Kier alpha value is -2.34. The minimum Gasteiger partial charge on any atom is -0.469 e. The largest absolute Gasteiger partial charge is 0.469 e. The Morgan fingerprint density at radius 1 is 1.11 bits per heavy atom. The van der Waals surface area contributed by atoms with Crippen molar-refractivity contribution in [3.8, 4) is 0 Å². The first-order valence-electron chi connectivity index (χ1n) is 9.80. The van der Waals surface area contributed by atoms with Crippen LogP contribution in [0.3, 0.4) is 0 Å². The van der Waals surface area contributed by atoms with Crippen LogP contribution in [-0.2, 0) is 23.8 Å². The van der Waals surface area contributed by atoms with Crippen LogP contribution in [0.4, 0.5) is 0 Å². The third-order valence-corrected chi connectivity index (χ3v) is 4.99. The second-order valence-corrected chi connectivity index (χ2v) is 8.36. The lowest BCUT2D eigenvalue weighted by atomic mass is 9.87. The predicted octanol–water partition coefficient (Wildman–Crippen LogP) is 4.30. The highest BCUT2D eigenvalue weighted by molar-refractivity contribution is 5.84. The van der Waals surface area contributed by atoms with Gasteiger partial charge in [0.1, 0.15) is 5.60 Å². The zero-order valence-corrected chi connectivity index (χ0v) is 17.0. The Kier molecular flexibility index (Phi) is 6.08. The molecule has 1 heterocycles. The number of fused-ring (bicyclic) bond motifs is 1. The van der Waals surface area contributed by atoms with Crippen molar-refractivity contribution in [3.05, 3.63) is 36.0 Å². The van der Waals surface area contributed by atoms with Gasteiger partial charge in [0.2, 0.25) is 0 Å². The van der Waals surface area contributed by atoms with Gasteiger partial charge >= 0.3 is 11.9 Å². The van der Waals surface area contributed by atoms with Gasteiger partial charge in [0.15, 0.2) is 6.10 Å². The number of carbonyl (C=O) groups is 2. The van der Waals surface area contributed by atoms with E-state index in [-0.39, 0.29) is 18.0 Å². The highest BCUT2D eigenvalue weighted by Gasteiger charge is 2.34. The Morgan fingerprint density at radius 3 is 2.39 bits per heavy atom. The van der Waals surface area contributed by atoms with Crippen LogP contribution >= 0.6 is 0 Å². The summed E-state index contributed by atoms with van der Waals surface area (Å²) in [4.78, 5) is 27.9. The smallest absolute Gasteiger partial charge is 0.342 e. The second-order valence-electron chi connectivity index (χ2n) is 8.36. The van der Waals surface area contributed by atoms with Gasteiger partial charge in [-0.3, -0.25) is 4.79 Å². The van der Waals surface area contributed by atoms with Gasteiger partial charge in [0.25, 0.3) is 0 Å². The normalized spacial score (nSPS) is 21.3. The number of nitrogens with one attached hydrogen (secondary N) is 1. The average molecular weight is 387 g/mol. The fourth-order valence-electron chi connectivity index (χ4n) is 3.64. The lowest BCUT2D eigenvalue weighted by molar-refractivity contribution is -0.175. The molecule has 3 rings (SSSR count). The number of ether oxygens (including phenoxy) is 3. The van der Waals surface area contributed by atoms with Crippen molar-refractivity contribution in [2.75, 3.05) is 7.11 Å². The van der Waals surface area contributed by atoms with Gasteiger partial charge in [-0.2, -0.15) is 0 Å². The fourth-order valence-corrected chi connectivity index (χ4v) is 3.64. The summed E-state index contributed by atoms with van der Waals surface area (Å²) in [7, 11) is 1.42. The number of aromatic amines is 1. The van der Waals surface area contributed by atoms with Crippen molar-refractivity contribution in [2.24, 2.45) is 5.92 Å². The van der Waals surface area contributed by atoms with Crippen molar-refractivity contribution in [2.45, 2.75) is 64.3 Å². The summed E-state index contributed by atoms with van der Waals surface area (Å²) in [6, 6.07) is 9.79. The first-order valence-corrected chi connectivity index (χ1v) is 9.80. The number of esters is 2. The molecular weight excluding hydrogens is 358 g/mol. The number of benzene rings is 1. The van der Waals surface area contributed by atoms with E-state index >= 15 is 0 Å². The molecule has 1 N–H and O–H groups in total. The van der Waals surface area contributed by atoms with Crippen LogP contribution in [0.25, 0.3) is 10.9 Å². The summed E-state index contributed by atoms with van der Waals surface area (Å²) in [6.45, 7) is 5.53. The Morgan fingerprint density at radius 2 is 1.79 bits per heavy atom. The molecule has 0 spiro atoms. The summed E-state index contributed by atoms with van der Waals surface area (Å²) in [6.07, 6.45) is 1.88. The van der Waals surface area contributed by atoms with Crippen molar-refractivity contribution in [1.82, 2.24) is 4.98 Å². The maximum atomic E-state index is 12.9. The molecule has 1 fully saturated rings. The number of methoxy groups -OCH3 is 1. The molecule has 1 atom stereocenters. The van der Waals surface area contributed by atoms with E-state index in [1.54, 1.807) is 0 Å². The van der Waals surface area contributed by atoms with Gasteiger partial charge in [-0.25, -0.2) is 4.79 Å². The summed E-state index contributed by atoms with van der Waals surface area (Å²) < 4.78 is 16.7. The van der Waals surface area contributed by atoms with Crippen LogP contribution < -0.4 is 0 Å². The lowest BCUT2D eigenvalue weighted by Crippen LogP contribution is -2.33. The van der Waals surface area contributed by atoms with Gasteiger partial charge in [0.05, 0.1) is 24.8 Å². The van der Waals surface area contributed by atoms with Crippen LogP contribution in [0.5, 0.6) is 0 Å². The number of carbonyl (C=O) groups excluding carboxylic acids is 2. The van der Waals surface area contributed by atoms with Crippen LogP contribution in [0, 0.1) is 5.92 Å². The molecule has 28 heavy (non-hydrogen) atoms. The summed E-state index contributed by atoms with van der Waals surface area (Å²) in [5.41, 5.74) is 1.03. The van der Waals surface area contributed by atoms with Crippen LogP contribution in [-0.4, -0.2) is 35.7 Å². The molecule has 2 aromatic rings. The number of H-pyrrole nitrogens is 1. The third kappa shape index (κ3) is 4.93. The maximum absolute atomic E-state index is 12.9. The number of rotatable bonds is 5. The molecule has 0 saturated heterocycles. The summed E-state index contributed by atoms with van der Waals surface area (Å²) in [5, 5.41) is 1.02. The molecule has 152 valence electrons. The van der Waals surface area contributed by atoms with E-state index in [0.717, 1.165) is 10.9 Å². The quantitative estimate of drug-likeness (QED) is 0.774. The zero-order valence-electron chi connectivity index (χ0n) is 17.0. The second kappa shape index (κ2) is 8.35. The molecular formula is C22H29NO5. The molecule has 1 aliphatic rings. The standard InChI is InChI=1S/C22H29NO5/c1-22(2,3)28-21(25)19(18-13-15-7-5-6-8-17(15)23-18)27-16-11-9-14(10-12-16)20(24)26-4/h5-8,13-14,16,19,23H,9-12H2,1-4H3. The molecule has 0 aliphatic heterocycles. The van der Waals surface area contributed by atoms with E-state index in [9.17, 15) is 9.59 Å². The molecule has 1 aromatic carbocycles.